The number of nitrogens with one attached hydrogen (secondary N) is 1. The molecular weight excluding hydrogens is 342 g/mol. The highest BCUT2D eigenvalue weighted by atomic mass is 79.9. The van der Waals surface area contributed by atoms with Gasteiger partial charge in [0.2, 0.25) is 0 Å². The van der Waals surface area contributed by atoms with Gasteiger partial charge < -0.3 is 15.5 Å². The molecule has 0 atom stereocenters. The van der Waals surface area contributed by atoms with Crippen LogP contribution in [0.25, 0.3) is 11.2 Å². The molecule has 0 unspecified atom stereocenters. The molecule has 0 saturated carbocycles. The second kappa shape index (κ2) is 5.29. The summed E-state index contributed by atoms with van der Waals surface area (Å²) in [5, 5.41) is 0.696. The molecule has 1 aromatic carbocycles. The average Bonchev–Trinajstić information content (AvgIpc) is 2.85. The van der Waals surface area contributed by atoms with Crippen LogP contribution in [0.2, 0.25) is 0 Å². The molecule has 0 bridgehead atoms. The number of imidazole rings is 1. The molecule has 0 aliphatic carbocycles. The zero-order valence-electron chi connectivity index (χ0n) is 10.4. The van der Waals surface area contributed by atoms with E-state index in [4.69, 9.17) is 10.5 Å². The van der Waals surface area contributed by atoms with E-state index in [1.54, 1.807) is 7.11 Å². The van der Waals surface area contributed by atoms with Crippen LogP contribution >= 0.6 is 27.7 Å². The summed E-state index contributed by atoms with van der Waals surface area (Å²) in [7, 11) is 1.63. The lowest BCUT2D eigenvalue weighted by molar-refractivity contribution is 0.413. The highest BCUT2D eigenvalue weighted by Crippen LogP contribution is 2.35. The van der Waals surface area contributed by atoms with Crippen molar-refractivity contribution in [2.24, 2.45) is 0 Å². The van der Waals surface area contributed by atoms with Crippen LogP contribution in [0, 0.1) is 0 Å². The Morgan fingerprint density at radius 3 is 2.95 bits per heavy atom. The molecular formula is C12H10BrN5OS. The zero-order valence-corrected chi connectivity index (χ0v) is 12.8. The van der Waals surface area contributed by atoms with Crippen LogP contribution in [0.4, 0.5) is 5.82 Å². The number of H-pyrrole nitrogens is 1. The van der Waals surface area contributed by atoms with E-state index in [2.05, 4.69) is 35.9 Å². The summed E-state index contributed by atoms with van der Waals surface area (Å²) >= 11 is 4.97. The lowest BCUT2D eigenvalue weighted by Crippen LogP contribution is -1.91. The first-order valence-electron chi connectivity index (χ1n) is 5.65. The average molecular weight is 352 g/mol. The fraction of sp³-hybridized carbons (Fsp3) is 0.0833. The van der Waals surface area contributed by atoms with Gasteiger partial charge in [-0.15, -0.1) is 0 Å². The molecule has 3 aromatic rings. The van der Waals surface area contributed by atoms with Gasteiger partial charge in [0.1, 0.15) is 17.6 Å². The molecule has 0 aliphatic rings. The number of methoxy groups -OCH3 is 1. The molecule has 2 heterocycles. The van der Waals surface area contributed by atoms with Crippen LogP contribution < -0.4 is 10.5 Å². The topological polar surface area (TPSA) is 89.7 Å². The Bertz CT molecular complexity index is 776. The minimum atomic E-state index is 0.388. The Morgan fingerprint density at radius 1 is 1.35 bits per heavy atom. The van der Waals surface area contributed by atoms with Crippen molar-refractivity contribution in [2.75, 3.05) is 12.8 Å². The highest BCUT2D eigenvalue weighted by Gasteiger charge is 2.11. The quantitative estimate of drug-likeness (QED) is 0.753. The summed E-state index contributed by atoms with van der Waals surface area (Å²) in [5.74, 6) is 1.17. The summed E-state index contributed by atoms with van der Waals surface area (Å²) in [6.45, 7) is 0. The minimum absolute atomic E-state index is 0.388. The number of anilines is 1. The van der Waals surface area contributed by atoms with E-state index in [-0.39, 0.29) is 0 Å². The molecule has 8 heteroatoms. The number of aromatic nitrogens is 4. The van der Waals surface area contributed by atoms with Crippen LogP contribution in [-0.2, 0) is 0 Å². The first-order chi connectivity index (χ1) is 9.67. The summed E-state index contributed by atoms with van der Waals surface area (Å²) in [4.78, 5) is 16.5. The third kappa shape index (κ3) is 2.44. The molecule has 20 heavy (non-hydrogen) atoms. The van der Waals surface area contributed by atoms with Crippen molar-refractivity contribution in [3.05, 3.63) is 29.0 Å². The van der Waals surface area contributed by atoms with E-state index in [1.807, 2.05) is 18.2 Å². The lowest BCUT2D eigenvalue weighted by Gasteiger charge is -2.04. The van der Waals surface area contributed by atoms with Gasteiger partial charge in [0, 0.05) is 9.37 Å². The molecule has 0 radical (unpaired) electrons. The number of rotatable bonds is 3. The van der Waals surface area contributed by atoms with Crippen LogP contribution in [-0.4, -0.2) is 27.0 Å². The number of halogens is 1. The molecule has 0 amide bonds. The van der Waals surface area contributed by atoms with Gasteiger partial charge in [0.05, 0.1) is 7.11 Å². The summed E-state index contributed by atoms with van der Waals surface area (Å²) in [5.41, 5.74) is 6.98. The number of nitrogens with two attached hydrogens (primary N) is 1. The molecule has 2 aromatic heterocycles. The second-order valence-corrected chi connectivity index (χ2v) is 5.78. The van der Waals surface area contributed by atoms with Crippen molar-refractivity contribution >= 4 is 44.7 Å². The van der Waals surface area contributed by atoms with E-state index in [0.29, 0.717) is 22.1 Å². The predicted octanol–water partition coefficient (Wildman–Crippen LogP) is 2.86. The third-order valence-electron chi connectivity index (χ3n) is 2.64. The summed E-state index contributed by atoms with van der Waals surface area (Å²) in [6.07, 6.45) is 1.40. The maximum Gasteiger partial charge on any atom is 0.183 e. The van der Waals surface area contributed by atoms with Crippen LogP contribution in [0.3, 0.4) is 0 Å². The number of hydrogen-bond donors (Lipinski definition) is 2. The molecule has 0 spiro atoms. The number of ether oxygens (including phenoxy) is 1. The molecule has 3 N–H and O–H groups in total. The van der Waals surface area contributed by atoms with Crippen molar-refractivity contribution in [1.82, 2.24) is 19.9 Å². The van der Waals surface area contributed by atoms with Gasteiger partial charge in [-0.2, -0.15) is 0 Å². The number of fused-ring (bicyclic) bond motifs is 1. The van der Waals surface area contributed by atoms with E-state index >= 15 is 0 Å². The number of aromatic amines is 1. The Kier molecular flexibility index (Phi) is 3.49. The van der Waals surface area contributed by atoms with E-state index in [1.165, 1.54) is 18.1 Å². The van der Waals surface area contributed by atoms with Gasteiger partial charge in [-0.05, 0) is 34.1 Å². The normalized spacial score (nSPS) is 10.9. The Morgan fingerprint density at radius 2 is 2.20 bits per heavy atom. The summed E-state index contributed by atoms with van der Waals surface area (Å²) < 4.78 is 6.18. The predicted molar refractivity (Wildman–Crippen MR) is 80.9 cm³/mol. The number of nitrogens with zero attached hydrogens (tertiary/aromatic N) is 3. The van der Waals surface area contributed by atoms with Crippen molar-refractivity contribution in [3.63, 3.8) is 0 Å². The van der Waals surface area contributed by atoms with Crippen molar-refractivity contribution < 1.29 is 4.74 Å². The fourth-order valence-corrected chi connectivity index (χ4v) is 2.99. The smallest absolute Gasteiger partial charge is 0.183 e. The first kappa shape index (κ1) is 13.2. The zero-order chi connectivity index (χ0) is 14.1. The van der Waals surface area contributed by atoms with E-state index in [0.717, 1.165) is 15.1 Å². The maximum absolute atomic E-state index is 5.78. The van der Waals surface area contributed by atoms with Gasteiger partial charge in [-0.1, -0.05) is 11.8 Å². The third-order valence-corrected chi connectivity index (χ3v) is 4.54. The molecule has 102 valence electrons. The van der Waals surface area contributed by atoms with Gasteiger partial charge in [0.25, 0.3) is 0 Å². The van der Waals surface area contributed by atoms with E-state index in [9.17, 15) is 0 Å². The van der Waals surface area contributed by atoms with Gasteiger partial charge in [-0.3, -0.25) is 0 Å². The number of benzene rings is 1. The Hall–Kier alpha value is -1.80. The second-order valence-electron chi connectivity index (χ2n) is 3.90. The fourth-order valence-electron chi connectivity index (χ4n) is 1.67. The standard InChI is InChI=1S/C12H10BrN5OS/c1-19-6-2-3-7(13)8(4-6)20-12-17-9-10(14)15-5-16-11(9)18-12/h2-5H,1H3,(H3,14,15,16,17,18). The Balaban J connectivity index is 1.99. The molecule has 0 saturated heterocycles. The van der Waals surface area contributed by atoms with Crippen molar-refractivity contribution in [3.8, 4) is 5.75 Å². The van der Waals surface area contributed by atoms with Gasteiger partial charge in [-0.25, -0.2) is 15.0 Å². The van der Waals surface area contributed by atoms with Crippen LogP contribution in [0.5, 0.6) is 5.75 Å². The Labute approximate surface area is 127 Å². The monoisotopic (exact) mass is 351 g/mol. The van der Waals surface area contributed by atoms with Crippen molar-refractivity contribution in [2.45, 2.75) is 10.1 Å². The largest absolute Gasteiger partial charge is 0.497 e. The maximum atomic E-state index is 5.78. The first-order valence-corrected chi connectivity index (χ1v) is 7.26. The van der Waals surface area contributed by atoms with E-state index < -0.39 is 0 Å². The minimum Gasteiger partial charge on any atom is -0.497 e. The van der Waals surface area contributed by atoms with Crippen LogP contribution in [0.15, 0.2) is 39.1 Å². The van der Waals surface area contributed by atoms with Gasteiger partial charge >= 0.3 is 0 Å². The lowest BCUT2D eigenvalue weighted by atomic mass is 10.3. The summed E-state index contributed by atoms with van der Waals surface area (Å²) in [6, 6.07) is 5.74. The number of nitrogen functional groups attached to an aromatic ring is 1. The molecule has 0 fully saturated rings. The highest BCUT2D eigenvalue weighted by molar-refractivity contribution is 9.10. The SMILES string of the molecule is COc1ccc(Br)c(Sc2nc3ncnc(N)c3[nH]2)c1. The molecule has 0 aliphatic heterocycles. The van der Waals surface area contributed by atoms with Crippen LogP contribution in [0.1, 0.15) is 0 Å². The van der Waals surface area contributed by atoms with Crippen molar-refractivity contribution in [1.29, 1.82) is 0 Å². The van der Waals surface area contributed by atoms with Gasteiger partial charge in [0.15, 0.2) is 16.6 Å². The molecule has 3 rings (SSSR count). The molecule has 6 nitrogen and oxygen atoms in total. The number of hydrogen-bond acceptors (Lipinski definition) is 6.